The highest BCUT2D eigenvalue weighted by Crippen LogP contribution is 2.16. The first-order valence-corrected chi connectivity index (χ1v) is 10.1. The van der Waals surface area contributed by atoms with Gasteiger partial charge in [0, 0.05) is 11.6 Å². The van der Waals surface area contributed by atoms with Gasteiger partial charge in [-0.1, -0.05) is 18.2 Å². The monoisotopic (exact) mass is 453 g/mol. The number of rotatable bonds is 6. The predicted molar refractivity (Wildman–Crippen MR) is 119 cm³/mol. The number of hydrogen-bond donors (Lipinski definition) is 2. The van der Waals surface area contributed by atoms with Crippen molar-refractivity contribution in [2.24, 2.45) is 0 Å². The molecule has 1 aromatic heterocycles. The van der Waals surface area contributed by atoms with Gasteiger partial charge in [0.1, 0.15) is 24.0 Å². The summed E-state index contributed by atoms with van der Waals surface area (Å²) in [4.78, 5) is 28.3. The lowest BCUT2D eigenvalue weighted by Crippen LogP contribution is -2.28. The van der Waals surface area contributed by atoms with E-state index in [1.807, 2.05) is 0 Å². The minimum atomic E-state index is -0.579. The second kappa shape index (κ2) is 9.11. The maximum Gasteiger partial charge on any atom is 0.266 e. The molecule has 4 aromatic rings. The minimum Gasteiger partial charge on any atom is -0.492 e. The van der Waals surface area contributed by atoms with E-state index in [1.165, 1.54) is 54.6 Å². The molecular formula is C23H17F2N3O3S. The zero-order valence-corrected chi connectivity index (χ0v) is 17.4. The zero-order chi connectivity index (χ0) is 22.7. The van der Waals surface area contributed by atoms with Gasteiger partial charge in [0.15, 0.2) is 4.77 Å². The molecule has 0 aliphatic heterocycles. The maximum atomic E-state index is 14.2. The molecular weight excluding hydrogens is 436 g/mol. The van der Waals surface area contributed by atoms with Crippen molar-refractivity contribution >= 4 is 29.0 Å². The third-order valence-electron chi connectivity index (χ3n) is 4.71. The van der Waals surface area contributed by atoms with Crippen LogP contribution in [-0.4, -0.2) is 28.6 Å². The van der Waals surface area contributed by atoms with E-state index >= 15 is 0 Å². The molecule has 0 saturated heterocycles. The highest BCUT2D eigenvalue weighted by molar-refractivity contribution is 7.71. The van der Waals surface area contributed by atoms with E-state index < -0.39 is 17.2 Å². The van der Waals surface area contributed by atoms with Crippen molar-refractivity contribution in [3.05, 3.63) is 99.1 Å². The summed E-state index contributed by atoms with van der Waals surface area (Å²) in [6, 6.07) is 16.0. The van der Waals surface area contributed by atoms with E-state index in [0.717, 1.165) is 4.57 Å². The van der Waals surface area contributed by atoms with Crippen molar-refractivity contribution in [3.8, 4) is 11.4 Å². The molecule has 4 rings (SSSR count). The highest BCUT2D eigenvalue weighted by atomic mass is 32.1. The van der Waals surface area contributed by atoms with Crippen LogP contribution in [0.2, 0.25) is 0 Å². The van der Waals surface area contributed by atoms with E-state index in [4.69, 9.17) is 17.0 Å². The summed E-state index contributed by atoms with van der Waals surface area (Å²) in [6.45, 7) is 0.344. The average Bonchev–Trinajstić information content (AvgIpc) is 2.77. The summed E-state index contributed by atoms with van der Waals surface area (Å²) < 4.78 is 33.8. The van der Waals surface area contributed by atoms with E-state index in [1.54, 1.807) is 12.1 Å². The fourth-order valence-corrected chi connectivity index (χ4v) is 3.49. The highest BCUT2D eigenvalue weighted by Gasteiger charge is 2.13. The number of H-pyrrole nitrogens is 1. The van der Waals surface area contributed by atoms with Crippen molar-refractivity contribution in [2.75, 3.05) is 13.2 Å². The van der Waals surface area contributed by atoms with Crippen LogP contribution in [0.5, 0.6) is 5.75 Å². The van der Waals surface area contributed by atoms with Gasteiger partial charge in [-0.3, -0.25) is 9.59 Å². The number of hydrogen-bond acceptors (Lipinski definition) is 4. The van der Waals surface area contributed by atoms with Gasteiger partial charge in [-0.05, 0) is 54.7 Å². The SMILES string of the molecule is O=C(NCCOc1cccc(F)c1)c1ccc2c(=O)n(-c3ccccc3F)c(=S)[nH]c2c1. The Morgan fingerprint density at radius 2 is 1.88 bits per heavy atom. The van der Waals surface area contributed by atoms with Gasteiger partial charge >= 0.3 is 0 Å². The number of aromatic nitrogens is 2. The Balaban J connectivity index is 1.51. The molecule has 0 radical (unpaired) electrons. The second-order valence-corrected chi connectivity index (χ2v) is 7.23. The molecule has 1 heterocycles. The largest absolute Gasteiger partial charge is 0.492 e. The predicted octanol–water partition coefficient (Wildman–Crippen LogP) is 4.14. The normalized spacial score (nSPS) is 10.8. The number of aromatic amines is 1. The van der Waals surface area contributed by atoms with Crippen LogP contribution in [-0.2, 0) is 0 Å². The third-order valence-corrected chi connectivity index (χ3v) is 4.99. The Morgan fingerprint density at radius 3 is 2.66 bits per heavy atom. The van der Waals surface area contributed by atoms with Crippen molar-refractivity contribution in [1.29, 1.82) is 0 Å². The molecule has 0 atom stereocenters. The van der Waals surface area contributed by atoms with Crippen LogP contribution in [0.25, 0.3) is 16.6 Å². The Morgan fingerprint density at radius 1 is 1.06 bits per heavy atom. The molecule has 6 nitrogen and oxygen atoms in total. The number of benzene rings is 3. The number of para-hydroxylation sites is 1. The van der Waals surface area contributed by atoms with Gasteiger partial charge < -0.3 is 15.0 Å². The lowest BCUT2D eigenvalue weighted by Gasteiger charge is -2.10. The van der Waals surface area contributed by atoms with E-state index in [2.05, 4.69) is 10.3 Å². The van der Waals surface area contributed by atoms with E-state index in [-0.39, 0.29) is 34.9 Å². The second-order valence-electron chi connectivity index (χ2n) is 6.84. The van der Waals surface area contributed by atoms with E-state index in [9.17, 15) is 18.4 Å². The molecule has 0 aliphatic carbocycles. The lowest BCUT2D eigenvalue weighted by molar-refractivity contribution is 0.0947. The number of carbonyl (C=O) groups excluding carboxylic acids is 1. The van der Waals surface area contributed by atoms with Gasteiger partial charge in [0.2, 0.25) is 0 Å². The summed E-state index contributed by atoms with van der Waals surface area (Å²) in [5, 5.41) is 2.95. The van der Waals surface area contributed by atoms with Gasteiger partial charge in [-0.2, -0.15) is 0 Å². The smallest absolute Gasteiger partial charge is 0.266 e. The fraction of sp³-hybridized carbons (Fsp3) is 0.0870. The number of carbonyl (C=O) groups is 1. The summed E-state index contributed by atoms with van der Waals surface area (Å²) in [6.07, 6.45) is 0. The van der Waals surface area contributed by atoms with Crippen LogP contribution >= 0.6 is 12.2 Å². The molecule has 3 aromatic carbocycles. The Bertz CT molecular complexity index is 1430. The van der Waals surface area contributed by atoms with Crippen molar-refractivity contribution in [1.82, 2.24) is 14.9 Å². The molecule has 2 N–H and O–H groups in total. The molecule has 0 bridgehead atoms. The van der Waals surface area contributed by atoms with Crippen LogP contribution in [0.4, 0.5) is 8.78 Å². The minimum absolute atomic E-state index is 0.00801. The first-order chi connectivity index (χ1) is 15.4. The number of fused-ring (bicyclic) bond motifs is 1. The standard InChI is InChI=1S/C23H17F2N3O3S/c24-15-4-3-5-16(13-15)31-11-10-26-21(29)14-8-9-17-19(12-14)27-23(32)28(22(17)30)20-7-2-1-6-18(20)25/h1-9,12-13H,10-11H2,(H,26,29)(H,27,32). The van der Waals surface area contributed by atoms with Crippen molar-refractivity contribution in [3.63, 3.8) is 0 Å². The topological polar surface area (TPSA) is 76.1 Å². The number of nitrogens with zero attached hydrogens (tertiary/aromatic N) is 1. The van der Waals surface area contributed by atoms with Gasteiger partial charge in [-0.15, -0.1) is 0 Å². The molecule has 0 spiro atoms. The number of halogens is 2. The third kappa shape index (κ3) is 4.42. The molecule has 0 unspecified atom stereocenters. The van der Waals surface area contributed by atoms with Crippen LogP contribution in [0.3, 0.4) is 0 Å². The fourth-order valence-electron chi connectivity index (χ4n) is 3.20. The first-order valence-electron chi connectivity index (χ1n) is 9.64. The van der Waals surface area contributed by atoms with Crippen LogP contribution < -0.4 is 15.6 Å². The van der Waals surface area contributed by atoms with E-state index in [0.29, 0.717) is 16.8 Å². The number of amides is 1. The summed E-state index contributed by atoms with van der Waals surface area (Å²) in [5.74, 6) is -1.00. The van der Waals surface area contributed by atoms with Crippen LogP contribution in [0, 0.1) is 16.4 Å². The maximum absolute atomic E-state index is 14.2. The average molecular weight is 453 g/mol. The van der Waals surface area contributed by atoms with Crippen LogP contribution in [0.15, 0.2) is 71.5 Å². The van der Waals surface area contributed by atoms with Crippen LogP contribution in [0.1, 0.15) is 10.4 Å². The number of nitrogens with one attached hydrogen (secondary N) is 2. The molecule has 9 heteroatoms. The summed E-state index contributed by atoms with van der Waals surface area (Å²) in [7, 11) is 0. The Hall–Kier alpha value is -3.85. The first kappa shape index (κ1) is 21.4. The zero-order valence-electron chi connectivity index (χ0n) is 16.6. The Labute approximate surface area is 186 Å². The van der Waals surface area contributed by atoms with Gasteiger partial charge in [0.25, 0.3) is 11.5 Å². The number of ether oxygens (including phenoxy) is 1. The molecule has 0 aliphatic rings. The molecule has 162 valence electrons. The molecule has 32 heavy (non-hydrogen) atoms. The quantitative estimate of drug-likeness (QED) is 0.340. The molecule has 0 fully saturated rings. The van der Waals surface area contributed by atoms with Crippen molar-refractivity contribution < 1.29 is 18.3 Å². The van der Waals surface area contributed by atoms with Gasteiger partial charge in [-0.25, -0.2) is 13.3 Å². The Kier molecular flexibility index (Phi) is 6.09. The van der Waals surface area contributed by atoms with Gasteiger partial charge in [0.05, 0.1) is 23.1 Å². The molecule has 1 amide bonds. The summed E-state index contributed by atoms with van der Waals surface area (Å²) in [5.41, 5.74) is 0.207. The summed E-state index contributed by atoms with van der Waals surface area (Å²) >= 11 is 5.26. The van der Waals surface area contributed by atoms with Crippen molar-refractivity contribution in [2.45, 2.75) is 0 Å². The molecule has 0 saturated carbocycles. The lowest BCUT2D eigenvalue weighted by atomic mass is 10.1.